The minimum atomic E-state index is -7.59. The minimum Gasteiger partial charge on any atom is -0.745 e. The van der Waals surface area contributed by atoms with Gasteiger partial charge in [-0.3, -0.25) is 0 Å². The van der Waals surface area contributed by atoms with E-state index in [9.17, 15) is 48.1 Å². The molecule has 0 aliphatic carbocycles. The largest absolute Gasteiger partial charge is 0.745 e. The van der Waals surface area contributed by atoms with Crippen LogP contribution in [0.1, 0.15) is 12.8 Å². The molecule has 4 nitrogen and oxygen atoms in total. The van der Waals surface area contributed by atoms with Crippen molar-refractivity contribution < 1.29 is 52.8 Å². The van der Waals surface area contributed by atoms with Crippen molar-refractivity contribution >= 4 is 21.0 Å². The van der Waals surface area contributed by atoms with Gasteiger partial charge < -0.3 is 9.29 Å². The molecular formula is C25H20F8O4S2. The van der Waals surface area contributed by atoms with E-state index in [0.29, 0.717) is 0 Å². The topological polar surface area (TPSA) is 66.4 Å². The first-order chi connectivity index (χ1) is 18.0. The third-order valence-corrected chi connectivity index (χ3v) is 8.90. The van der Waals surface area contributed by atoms with Crippen molar-refractivity contribution in [2.24, 2.45) is 0 Å². The highest BCUT2D eigenvalue weighted by Gasteiger charge is 2.83. The van der Waals surface area contributed by atoms with Gasteiger partial charge in [0.15, 0.2) is 14.7 Å². The Morgan fingerprint density at radius 1 is 0.692 bits per heavy atom. The van der Waals surface area contributed by atoms with Crippen molar-refractivity contribution in [3.05, 3.63) is 84.9 Å². The van der Waals surface area contributed by atoms with E-state index in [1.807, 2.05) is 60.7 Å². The lowest BCUT2D eigenvalue weighted by Gasteiger charge is -2.39. The summed E-state index contributed by atoms with van der Waals surface area (Å²) in [6.07, 6.45) is -10.2. The Morgan fingerprint density at radius 2 is 1.13 bits per heavy atom. The summed E-state index contributed by atoms with van der Waals surface area (Å²) in [6, 6.07) is 25.4. The second kappa shape index (κ2) is 11.3. The summed E-state index contributed by atoms with van der Waals surface area (Å²) in [5.41, 5.74) is 0. The molecule has 0 radical (unpaired) electrons. The maximum atomic E-state index is 14.0. The predicted octanol–water partition coefficient (Wildman–Crippen LogP) is 6.98. The van der Waals surface area contributed by atoms with E-state index in [2.05, 4.69) is 0 Å². The van der Waals surface area contributed by atoms with Crippen molar-refractivity contribution in [2.45, 2.75) is 50.6 Å². The summed E-state index contributed by atoms with van der Waals surface area (Å²) >= 11 is 0. The SMILES string of the molecule is O=S(=O)([O-])C(F)(C(F)(F)F)C(F)(F)C(F)(F)CCCOc1ccc([S+](c2ccccc2)c2ccccc2)cc1. The number of benzene rings is 3. The molecule has 0 saturated carbocycles. The van der Waals surface area contributed by atoms with Crippen molar-refractivity contribution in [1.29, 1.82) is 0 Å². The highest BCUT2D eigenvalue weighted by Crippen LogP contribution is 2.55. The van der Waals surface area contributed by atoms with Crippen LogP contribution in [0.15, 0.2) is 99.6 Å². The monoisotopic (exact) mass is 600 g/mol. The molecular weight excluding hydrogens is 580 g/mol. The molecule has 39 heavy (non-hydrogen) atoms. The van der Waals surface area contributed by atoms with E-state index < -0.39 is 63.5 Å². The molecule has 0 spiro atoms. The standard InChI is InChI=1S/C25H20F8O4S2/c26-22(27,23(28,29)24(30,25(31,32)33)39(34,35)36)16-7-17-37-18-12-14-21(15-13-18)38(19-8-3-1-4-9-19)20-10-5-2-6-11-20/h1-6,8-15H,7,16-17H2. The summed E-state index contributed by atoms with van der Waals surface area (Å²) in [5.74, 6) is -12.6. The lowest BCUT2D eigenvalue weighted by atomic mass is 10.0. The molecule has 0 amide bonds. The third kappa shape index (κ3) is 6.17. The van der Waals surface area contributed by atoms with Crippen LogP contribution in [0, 0.1) is 0 Å². The van der Waals surface area contributed by atoms with E-state index in [1.165, 1.54) is 12.1 Å². The molecule has 1 atom stereocenters. The van der Waals surface area contributed by atoms with Crippen molar-refractivity contribution in [3.8, 4) is 5.75 Å². The number of hydrogen-bond donors (Lipinski definition) is 0. The zero-order chi connectivity index (χ0) is 29.1. The molecule has 0 heterocycles. The number of halogens is 8. The van der Waals surface area contributed by atoms with Gasteiger partial charge >= 0.3 is 23.0 Å². The Kier molecular flexibility index (Phi) is 8.92. The Bertz CT molecular complexity index is 1300. The second-order valence-electron chi connectivity index (χ2n) is 8.18. The molecule has 3 aromatic carbocycles. The van der Waals surface area contributed by atoms with Crippen LogP contribution in [0.3, 0.4) is 0 Å². The highest BCUT2D eigenvalue weighted by atomic mass is 32.2. The van der Waals surface area contributed by atoms with Crippen LogP contribution < -0.4 is 4.74 Å². The van der Waals surface area contributed by atoms with Crippen LogP contribution >= 0.6 is 0 Å². The molecule has 0 aliphatic rings. The first-order valence-corrected chi connectivity index (χ1v) is 13.7. The number of alkyl halides is 8. The fraction of sp³-hybridized carbons (Fsp3) is 0.280. The zero-order valence-corrected chi connectivity index (χ0v) is 21.3. The van der Waals surface area contributed by atoms with Gasteiger partial charge in [0, 0.05) is 6.42 Å². The average molecular weight is 601 g/mol. The molecule has 3 aromatic rings. The van der Waals surface area contributed by atoms with Gasteiger partial charge in [0.25, 0.3) is 0 Å². The van der Waals surface area contributed by atoms with Crippen molar-refractivity contribution in [3.63, 3.8) is 0 Å². The number of ether oxygens (including phenoxy) is 1. The normalized spacial score (nSPS) is 14.7. The summed E-state index contributed by atoms with van der Waals surface area (Å²) in [7, 11) is -8.11. The highest BCUT2D eigenvalue weighted by molar-refractivity contribution is 7.97. The predicted molar refractivity (Wildman–Crippen MR) is 126 cm³/mol. The lowest BCUT2D eigenvalue weighted by Crippen LogP contribution is -2.66. The maximum Gasteiger partial charge on any atom is 0.442 e. The fourth-order valence-electron chi connectivity index (χ4n) is 3.55. The summed E-state index contributed by atoms with van der Waals surface area (Å²) in [5, 5.41) is -7.03. The van der Waals surface area contributed by atoms with Crippen LogP contribution in [0.2, 0.25) is 0 Å². The lowest BCUT2D eigenvalue weighted by molar-refractivity contribution is -0.325. The first-order valence-electron chi connectivity index (χ1n) is 11.1. The van der Waals surface area contributed by atoms with Gasteiger partial charge in [0.1, 0.15) is 15.9 Å². The van der Waals surface area contributed by atoms with Crippen LogP contribution in [-0.2, 0) is 21.0 Å². The molecule has 0 bridgehead atoms. The van der Waals surface area contributed by atoms with Gasteiger partial charge in [0.2, 0.25) is 0 Å². The fourth-order valence-corrected chi connectivity index (χ4v) is 6.38. The molecule has 0 N–H and O–H groups in total. The van der Waals surface area contributed by atoms with E-state index in [1.54, 1.807) is 12.1 Å². The van der Waals surface area contributed by atoms with Crippen LogP contribution in [0.5, 0.6) is 5.75 Å². The quantitative estimate of drug-likeness (QED) is 0.103. The molecule has 0 aromatic heterocycles. The Balaban J connectivity index is 1.70. The zero-order valence-electron chi connectivity index (χ0n) is 19.7. The van der Waals surface area contributed by atoms with Crippen molar-refractivity contribution in [2.75, 3.05) is 6.61 Å². The van der Waals surface area contributed by atoms with Crippen LogP contribution in [0.4, 0.5) is 35.1 Å². The maximum absolute atomic E-state index is 14.0. The van der Waals surface area contributed by atoms with Crippen LogP contribution in [-0.4, -0.2) is 42.6 Å². The average Bonchev–Trinajstić information content (AvgIpc) is 2.87. The van der Waals surface area contributed by atoms with Gasteiger partial charge in [-0.05, 0) is 55.0 Å². The molecule has 3 rings (SSSR count). The summed E-state index contributed by atoms with van der Waals surface area (Å²) in [6.45, 7) is -0.705. The second-order valence-corrected chi connectivity index (χ2v) is 11.7. The Morgan fingerprint density at radius 3 is 1.54 bits per heavy atom. The van der Waals surface area contributed by atoms with Crippen molar-refractivity contribution in [1.82, 2.24) is 0 Å². The van der Waals surface area contributed by atoms with Gasteiger partial charge in [-0.15, -0.1) is 0 Å². The Hall–Kier alpha value is -2.84. The third-order valence-electron chi connectivity index (χ3n) is 5.49. The van der Waals surface area contributed by atoms with E-state index >= 15 is 0 Å². The molecule has 0 saturated heterocycles. The van der Waals surface area contributed by atoms with Gasteiger partial charge in [-0.25, -0.2) is 12.8 Å². The first kappa shape index (κ1) is 30.7. The van der Waals surface area contributed by atoms with Gasteiger partial charge in [-0.2, -0.15) is 30.7 Å². The van der Waals surface area contributed by atoms with Gasteiger partial charge in [-0.1, -0.05) is 36.4 Å². The van der Waals surface area contributed by atoms with Gasteiger partial charge in [0.05, 0.1) is 17.5 Å². The van der Waals surface area contributed by atoms with E-state index in [-0.39, 0.29) is 5.75 Å². The smallest absolute Gasteiger partial charge is 0.442 e. The molecule has 0 fully saturated rings. The van der Waals surface area contributed by atoms with Crippen LogP contribution in [0.25, 0.3) is 0 Å². The molecule has 1 unspecified atom stereocenters. The molecule has 14 heteroatoms. The summed E-state index contributed by atoms with van der Waals surface area (Å²) < 4.78 is 145. The van der Waals surface area contributed by atoms with E-state index in [4.69, 9.17) is 4.74 Å². The Labute approximate surface area is 221 Å². The number of rotatable bonds is 11. The van der Waals surface area contributed by atoms with E-state index in [0.717, 1.165) is 14.7 Å². The minimum absolute atomic E-state index is 0.121. The number of hydrogen-bond acceptors (Lipinski definition) is 4. The molecule has 212 valence electrons. The summed E-state index contributed by atoms with van der Waals surface area (Å²) in [4.78, 5) is 2.86. The molecule has 0 aliphatic heterocycles.